The van der Waals surface area contributed by atoms with E-state index in [2.05, 4.69) is 20.6 Å². The largest absolute Gasteiger partial charge is 0.494 e. The van der Waals surface area contributed by atoms with Crippen molar-refractivity contribution >= 4 is 35.9 Å². The minimum atomic E-state index is -0.230. The van der Waals surface area contributed by atoms with Gasteiger partial charge in [0.2, 0.25) is 0 Å². The van der Waals surface area contributed by atoms with Crippen molar-refractivity contribution in [2.24, 2.45) is 15.7 Å². The lowest BCUT2D eigenvalue weighted by molar-refractivity contribution is 0.313. The number of hydrogen-bond acceptors (Lipinski definition) is 4. The Morgan fingerprint density at radius 1 is 1.12 bits per heavy atom. The van der Waals surface area contributed by atoms with Crippen molar-refractivity contribution in [3.63, 3.8) is 0 Å². The van der Waals surface area contributed by atoms with Crippen LogP contribution < -0.4 is 21.1 Å². The van der Waals surface area contributed by atoms with Gasteiger partial charge in [-0.15, -0.1) is 12.4 Å². The SMILES string of the molecule is Cl.NC1=NC(c2ccccc2)NC(=NCCCOc2ccc(Cl)cc2)N1. The second-order valence-corrected chi connectivity index (χ2v) is 5.92. The van der Waals surface area contributed by atoms with Gasteiger partial charge in [-0.2, -0.15) is 0 Å². The van der Waals surface area contributed by atoms with Gasteiger partial charge < -0.3 is 15.8 Å². The summed E-state index contributed by atoms with van der Waals surface area (Å²) >= 11 is 5.84. The fourth-order valence-corrected chi connectivity index (χ4v) is 2.47. The van der Waals surface area contributed by atoms with Crippen molar-refractivity contribution in [2.45, 2.75) is 12.6 Å². The molecule has 0 spiro atoms. The highest BCUT2D eigenvalue weighted by Crippen LogP contribution is 2.16. The quantitative estimate of drug-likeness (QED) is 0.658. The van der Waals surface area contributed by atoms with Crippen LogP contribution in [0.2, 0.25) is 5.02 Å². The van der Waals surface area contributed by atoms with Crippen molar-refractivity contribution in [1.82, 2.24) is 10.6 Å². The van der Waals surface area contributed by atoms with E-state index >= 15 is 0 Å². The van der Waals surface area contributed by atoms with Crippen molar-refractivity contribution < 1.29 is 4.74 Å². The summed E-state index contributed by atoms with van der Waals surface area (Å²) in [6.07, 6.45) is 0.550. The maximum atomic E-state index is 5.85. The average Bonchev–Trinajstić information content (AvgIpc) is 2.63. The van der Waals surface area contributed by atoms with Gasteiger partial charge in [0.05, 0.1) is 6.61 Å². The van der Waals surface area contributed by atoms with E-state index in [4.69, 9.17) is 22.1 Å². The molecule has 138 valence electrons. The topological polar surface area (TPSA) is 84.0 Å². The van der Waals surface area contributed by atoms with Gasteiger partial charge in [-0.25, -0.2) is 4.99 Å². The zero-order valence-electron chi connectivity index (χ0n) is 14.1. The molecule has 2 aromatic carbocycles. The van der Waals surface area contributed by atoms with E-state index in [0.29, 0.717) is 30.1 Å². The number of benzene rings is 2. The lowest BCUT2D eigenvalue weighted by Gasteiger charge is -2.24. The van der Waals surface area contributed by atoms with E-state index in [1.165, 1.54) is 0 Å². The Balaban J connectivity index is 0.00000243. The maximum absolute atomic E-state index is 5.85. The summed E-state index contributed by atoms with van der Waals surface area (Å²) in [5.74, 6) is 1.77. The number of nitrogens with one attached hydrogen (secondary N) is 2. The number of aliphatic imine (C=N–C) groups is 2. The van der Waals surface area contributed by atoms with Crippen LogP contribution in [0.5, 0.6) is 5.75 Å². The molecule has 1 aliphatic heterocycles. The van der Waals surface area contributed by atoms with Gasteiger partial charge in [-0.05, 0) is 29.8 Å². The molecule has 8 heteroatoms. The highest BCUT2D eigenvalue weighted by Gasteiger charge is 2.17. The molecule has 2 aromatic rings. The predicted octanol–water partition coefficient (Wildman–Crippen LogP) is 3.09. The van der Waals surface area contributed by atoms with E-state index in [-0.39, 0.29) is 18.6 Å². The van der Waals surface area contributed by atoms with Gasteiger partial charge in [-0.3, -0.25) is 10.3 Å². The maximum Gasteiger partial charge on any atom is 0.200 e. The normalized spacial score (nSPS) is 17.5. The van der Waals surface area contributed by atoms with Crippen LogP contribution >= 0.6 is 24.0 Å². The minimum absolute atomic E-state index is 0. The molecule has 3 rings (SSSR count). The van der Waals surface area contributed by atoms with Crippen LogP contribution in [0.3, 0.4) is 0 Å². The summed E-state index contributed by atoms with van der Waals surface area (Å²) in [4.78, 5) is 8.84. The van der Waals surface area contributed by atoms with E-state index in [1.807, 2.05) is 42.5 Å². The highest BCUT2D eigenvalue weighted by molar-refractivity contribution is 6.30. The molecule has 0 amide bonds. The van der Waals surface area contributed by atoms with Gasteiger partial charge in [0.15, 0.2) is 18.1 Å². The van der Waals surface area contributed by atoms with Crippen LogP contribution in [0.4, 0.5) is 0 Å². The highest BCUT2D eigenvalue weighted by atomic mass is 35.5. The molecule has 26 heavy (non-hydrogen) atoms. The van der Waals surface area contributed by atoms with Crippen LogP contribution in [0.15, 0.2) is 64.6 Å². The van der Waals surface area contributed by atoms with Gasteiger partial charge in [-0.1, -0.05) is 41.9 Å². The first-order valence-corrected chi connectivity index (χ1v) is 8.43. The molecule has 1 aliphatic rings. The van der Waals surface area contributed by atoms with Gasteiger partial charge >= 0.3 is 0 Å². The molecule has 0 saturated heterocycles. The number of halogens is 2. The number of guanidine groups is 2. The molecule has 0 radical (unpaired) electrons. The van der Waals surface area contributed by atoms with Crippen LogP contribution in [-0.2, 0) is 0 Å². The van der Waals surface area contributed by atoms with Crippen molar-refractivity contribution in [2.75, 3.05) is 13.2 Å². The van der Waals surface area contributed by atoms with E-state index in [1.54, 1.807) is 12.1 Å². The molecule has 0 fully saturated rings. The lowest BCUT2D eigenvalue weighted by atomic mass is 10.2. The first-order chi connectivity index (χ1) is 12.2. The Kier molecular flexibility index (Phi) is 7.56. The Morgan fingerprint density at radius 3 is 2.58 bits per heavy atom. The first kappa shape index (κ1) is 19.9. The van der Waals surface area contributed by atoms with E-state index < -0.39 is 0 Å². The molecule has 1 atom stereocenters. The predicted molar refractivity (Wildman–Crippen MR) is 108 cm³/mol. The van der Waals surface area contributed by atoms with Crippen LogP contribution in [0.1, 0.15) is 18.2 Å². The molecular formula is C18H21Cl2N5O. The Labute approximate surface area is 163 Å². The molecule has 0 aromatic heterocycles. The number of hydrogen-bond donors (Lipinski definition) is 3. The zero-order chi connectivity index (χ0) is 17.5. The number of rotatable bonds is 6. The van der Waals surface area contributed by atoms with Crippen molar-refractivity contribution in [3.05, 3.63) is 65.2 Å². The monoisotopic (exact) mass is 393 g/mol. The third-order valence-corrected chi connectivity index (χ3v) is 3.81. The third-order valence-electron chi connectivity index (χ3n) is 3.56. The summed E-state index contributed by atoms with van der Waals surface area (Å²) in [5.41, 5.74) is 6.89. The third kappa shape index (κ3) is 5.82. The number of ether oxygens (including phenoxy) is 1. The standard InChI is InChI=1S/C18H20ClN5O.ClH/c19-14-7-9-15(10-8-14)25-12-4-11-21-18-23-16(22-17(20)24-18)13-5-2-1-3-6-13;/h1-3,5-10,16H,4,11-12H2,(H4,20,21,22,23,24);1H. The fraction of sp³-hybridized carbons (Fsp3) is 0.222. The summed E-state index contributed by atoms with van der Waals surface area (Å²) in [6, 6.07) is 17.2. The minimum Gasteiger partial charge on any atom is -0.494 e. The van der Waals surface area contributed by atoms with E-state index in [0.717, 1.165) is 17.7 Å². The second kappa shape index (κ2) is 9.89. The van der Waals surface area contributed by atoms with Crippen molar-refractivity contribution in [3.8, 4) is 5.75 Å². The molecule has 6 nitrogen and oxygen atoms in total. The molecule has 1 unspecified atom stereocenters. The van der Waals surface area contributed by atoms with E-state index in [9.17, 15) is 0 Å². The first-order valence-electron chi connectivity index (χ1n) is 8.05. The zero-order valence-corrected chi connectivity index (χ0v) is 15.6. The molecule has 1 heterocycles. The summed E-state index contributed by atoms with van der Waals surface area (Å²) in [5, 5.41) is 6.87. The van der Waals surface area contributed by atoms with Crippen LogP contribution in [0, 0.1) is 0 Å². The summed E-state index contributed by atoms with van der Waals surface area (Å²) in [6.45, 7) is 1.18. The Morgan fingerprint density at radius 2 is 1.85 bits per heavy atom. The van der Waals surface area contributed by atoms with Gasteiger partial charge in [0.25, 0.3) is 0 Å². The smallest absolute Gasteiger partial charge is 0.200 e. The molecule has 0 saturated carbocycles. The van der Waals surface area contributed by atoms with Gasteiger partial charge in [0.1, 0.15) is 5.75 Å². The van der Waals surface area contributed by atoms with Crippen LogP contribution in [-0.4, -0.2) is 25.1 Å². The fourth-order valence-electron chi connectivity index (χ4n) is 2.35. The molecular weight excluding hydrogens is 373 g/mol. The van der Waals surface area contributed by atoms with Crippen LogP contribution in [0.25, 0.3) is 0 Å². The Bertz CT molecular complexity index is 750. The lowest BCUT2D eigenvalue weighted by Crippen LogP contribution is -2.50. The molecule has 0 bridgehead atoms. The average molecular weight is 394 g/mol. The van der Waals surface area contributed by atoms with Gasteiger partial charge in [0, 0.05) is 18.0 Å². The molecule has 4 N–H and O–H groups in total. The number of nitrogens with zero attached hydrogens (tertiary/aromatic N) is 2. The summed E-state index contributed by atoms with van der Waals surface area (Å²) in [7, 11) is 0. The Hall–Kier alpha value is -2.44. The molecule has 0 aliphatic carbocycles. The number of nitrogens with two attached hydrogens (primary N) is 1. The second-order valence-electron chi connectivity index (χ2n) is 5.48. The van der Waals surface area contributed by atoms with Crippen molar-refractivity contribution in [1.29, 1.82) is 0 Å². The summed E-state index contributed by atoms with van der Waals surface area (Å²) < 4.78 is 5.64.